The topological polar surface area (TPSA) is 16.4 Å². The third-order valence-corrected chi connectivity index (χ3v) is 2.80. The van der Waals surface area contributed by atoms with Gasteiger partial charge in [0.15, 0.2) is 0 Å². The number of aryl methyl sites for hydroxylation is 1. The predicted octanol–water partition coefficient (Wildman–Crippen LogP) is 3.87. The second kappa shape index (κ2) is 5.39. The van der Waals surface area contributed by atoms with E-state index in [1.165, 1.54) is 5.56 Å². The second-order valence-electron chi connectivity index (χ2n) is 4.31. The van der Waals surface area contributed by atoms with Gasteiger partial charge < -0.3 is 4.42 Å². The molecule has 0 bridgehead atoms. The predicted molar refractivity (Wildman–Crippen MR) is 70.1 cm³/mol. The van der Waals surface area contributed by atoms with Gasteiger partial charge in [0.1, 0.15) is 11.5 Å². The van der Waals surface area contributed by atoms with Gasteiger partial charge in [0.2, 0.25) is 0 Å². The second-order valence-corrected chi connectivity index (χ2v) is 4.75. The van der Waals surface area contributed by atoms with Crippen LogP contribution in [0.15, 0.2) is 40.8 Å². The molecule has 0 spiro atoms. The smallest absolute Gasteiger partial charge is 0.118 e. The van der Waals surface area contributed by atoms with E-state index in [2.05, 4.69) is 18.0 Å². The first kappa shape index (κ1) is 12.2. The van der Waals surface area contributed by atoms with Crippen molar-refractivity contribution in [2.75, 3.05) is 7.05 Å². The highest BCUT2D eigenvalue weighted by atomic mass is 35.5. The Balaban J connectivity index is 1.95. The van der Waals surface area contributed by atoms with Crippen LogP contribution >= 0.6 is 11.6 Å². The molecule has 2 rings (SSSR count). The lowest BCUT2D eigenvalue weighted by atomic mass is 10.2. The maximum atomic E-state index is 5.95. The van der Waals surface area contributed by atoms with Crippen LogP contribution in [0, 0.1) is 6.92 Å². The summed E-state index contributed by atoms with van der Waals surface area (Å²) in [6, 6.07) is 11.9. The van der Waals surface area contributed by atoms with E-state index in [1.807, 2.05) is 37.3 Å². The van der Waals surface area contributed by atoms with Crippen molar-refractivity contribution in [3.8, 4) is 0 Å². The lowest BCUT2D eigenvalue weighted by molar-refractivity contribution is 0.285. The number of benzene rings is 1. The molecule has 0 radical (unpaired) electrons. The van der Waals surface area contributed by atoms with Gasteiger partial charge in [-0.05, 0) is 43.8 Å². The van der Waals surface area contributed by atoms with Crippen LogP contribution < -0.4 is 0 Å². The van der Waals surface area contributed by atoms with Crippen molar-refractivity contribution in [1.82, 2.24) is 4.90 Å². The van der Waals surface area contributed by atoms with Crippen molar-refractivity contribution in [3.05, 3.63) is 58.5 Å². The van der Waals surface area contributed by atoms with Gasteiger partial charge in [-0.2, -0.15) is 0 Å². The number of hydrogen-bond donors (Lipinski definition) is 0. The van der Waals surface area contributed by atoms with Gasteiger partial charge in [-0.15, -0.1) is 0 Å². The molecule has 1 heterocycles. The quantitative estimate of drug-likeness (QED) is 0.818. The van der Waals surface area contributed by atoms with Crippen molar-refractivity contribution in [1.29, 1.82) is 0 Å². The Morgan fingerprint density at radius 3 is 2.65 bits per heavy atom. The molecule has 1 aromatic heterocycles. The Morgan fingerprint density at radius 2 is 2.00 bits per heavy atom. The van der Waals surface area contributed by atoms with Gasteiger partial charge in [0.25, 0.3) is 0 Å². The molecule has 0 aliphatic rings. The zero-order valence-electron chi connectivity index (χ0n) is 10.1. The first-order chi connectivity index (χ1) is 8.13. The van der Waals surface area contributed by atoms with E-state index in [0.717, 1.165) is 29.6 Å². The van der Waals surface area contributed by atoms with Crippen LogP contribution in [0.4, 0.5) is 0 Å². The molecule has 1 aromatic carbocycles. The van der Waals surface area contributed by atoms with Crippen LogP contribution in [-0.4, -0.2) is 11.9 Å². The molecule has 0 amide bonds. The standard InChI is InChI=1S/C14H16ClNO/c1-11-6-7-14(17-11)10-16(2)9-12-4-3-5-13(15)8-12/h3-8H,9-10H2,1-2H3. The molecule has 0 fully saturated rings. The first-order valence-corrected chi connectivity index (χ1v) is 5.99. The third kappa shape index (κ3) is 3.62. The van der Waals surface area contributed by atoms with E-state index < -0.39 is 0 Å². The Bertz CT molecular complexity index is 492. The largest absolute Gasteiger partial charge is 0.465 e. The van der Waals surface area contributed by atoms with Gasteiger partial charge in [0, 0.05) is 11.6 Å². The summed E-state index contributed by atoms with van der Waals surface area (Å²) in [6.07, 6.45) is 0. The summed E-state index contributed by atoms with van der Waals surface area (Å²) in [6.45, 7) is 3.63. The molecule has 2 nitrogen and oxygen atoms in total. The Morgan fingerprint density at radius 1 is 1.18 bits per heavy atom. The molecule has 0 N–H and O–H groups in total. The minimum Gasteiger partial charge on any atom is -0.465 e. The summed E-state index contributed by atoms with van der Waals surface area (Å²) in [5.74, 6) is 1.95. The van der Waals surface area contributed by atoms with Crippen molar-refractivity contribution in [2.24, 2.45) is 0 Å². The van der Waals surface area contributed by atoms with E-state index in [1.54, 1.807) is 0 Å². The molecule has 0 saturated heterocycles. The molecule has 3 heteroatoms. The van der Waals surface area contributed by atoms with Crippen LogP contribution in [0.1, 0.15) is 17.1 Å². The number of halogens is 1. The number of rotatable bonds is 4. The molecule has 0 atom stereocenters. The van der Waals surface area contributed by atoms with Gasteiger partial charge in [0.05, 0.1) is 6.54 Å². The zero-order chi connectivity index (χ0) is 12.3. The monoisotopic (exact) mass is 249 g/mol. The highest BCUT2D eigenvalue weighted by molar-refractivity contribution is 6.30. The molecular weight excluding hydrogens is 234 g/mol. The van der Waals surface area contributed by atoms with E-state index in [-0.39, 0.29) is 0 Å². The lowest BCUT2D eigenvalue weighted by Crippen LogP contribution is -2.16. The van der Waals surface area contributed by atoms with E-state index in [4.69, 9.17) is 16.0 Å². The van der Waals surface area contributed by atoms with Gasteiger partial charge in [-0.1, -0.05) is 23.7 Å². The highest BCUT2D eigenvalue weighted by Gasteiger charge is 2.05. The summed E-state index contributed by atoms with van der Waals surface area (Å²) in [4.78, 5) is 2.20. The SMILES string of the molecule is Cc1ccc(CN(C)Cc2cccc(Cl)c2)o1. The fraction of sp³-hybridized carbons (Fsp3) is 0.286. The lowest BCUT2D eigenvalue weighted by Gasteiger charge is -2.15. The Labute approximate surface area is 107 Å². The first-order valence-electron chi connectivity index (χ1n) is 5.62. The minimum absolute atomic E-state index is 0.782. The van der Waals surface area contributed by atoms with Gasteiger partial charge >= 0.3 is 0 Å². The highest BCUT2D eigenvalue weighted by Crippen LogP contribution is 2.14. The van der Waals surface area contributed by atoms with E-state index >= 15 is 0 Å². The summed E-state index contributed by atoms with van der Waals surface area (Å²) >= 11 is 5.95. The van der Waals surface area contributed by atoms with Crippen molar-refractivity contribution in [2.45, 2.75) is 20.0 Å². The Hall–Kier alpha value is -1.25. The van der Waals surface area contributed by atoms with Crippen molar-refractivity contribution < 1.29 is 4.42 Å². The molecule has 17 heavy (non-hydrogen) atoms. The number of furan rings is 1. The van der Waals surface area contributed by atoms with Gasteiger partial charge in [-0.25, -0.2) is 0 Å². The molecule has 90 valence electrons. The molecular formula is C14H16ClNO. The average Bonchev–Trinajstić information content (AvgIpc) is 2.63. The van der Waals surface area contributed by atoms with Crippen molar-refractivity contribution >= 4 is 11.6 Å². The Kier molecular flexibility index (Phi) is 3.87. The zero-order valence-corrected chi connectivity index (χ0v) is 10.9. The van der Waals surface area contributed by atoms with Crippen LogP contribution in [-0.2, 0) is 13.1 Å². The molecule has 0 aliphatic heterocycles. The van der Waals surface area contributed by atoms with Crippen LogP contribution in [0.3, 0.4) is 0 Å². The normalized spacial score (nSPS) is 11.1. The molecule has 0 aliphatic carbocycles. The summed E-state index contributed by atoms with van der Waals surface area (Å²) in [7, 11) is 2.07. The van der Waals surface area contributed by atoms with Crippen LogP contribution in [0.2, 0.25) is 5.02 Å². The molecule has 0 saturated carbocycles. The molecule has 2 aromatic rings. The van der Waals surface area contributed by atoms with Crippen LogP contribution in [0.5, 0.6) is 0 Å². The van der Waals surface area contributed by atoms with Gasteiger partial charge in [-0.3, -0.25) is 4.90 Å². The molecule has 0 unspecified atom stereocenters. The summed E-state index contributed by atoms with van der Waals surface area (Å²) < 4.78 is 5.55. The maximum Gasteiger partial charge on any atom is 0.118 e. The number of hydrogen-bond acceptors (Lipinski definition) is 2. The third-order valence-electron chi connectivity index (χ3n) is 2.56. The summed E-state index contributed by atoms with van der Waals surface area (Å²) in [5.41, 5.74) is 1.21. The van der Waals surface area contributed by atoms with E-state index in [9.17, 15) is 0 Å². The summed E-state index contributed by atoms with van der Waals surface area (Å²) in [5, 5.41) is 0.782. The number of nitrogens with zero attached hydrogens (tertiary/aromatic N) is 1. The van der Waals surface area contributed by atoms with Crippen molar-refractivity contribution in [3.63, 3.8) is 0 Å². The van der Waals surface area contributed by atoms with Crippen LogP contribution in [0.25, 0.3) is 0 Å². The fourth-order valence-electron chi connectivity index (χ4n) is 1.84. The maximum absolute atomic E-state index is 5.95. The van der Waals surface area contributed by atoms with E-state index in [0.29, 0.717) is 0 Å². The average molecular weight is 250 g/mol. The minimum atomic E-state index is 0.782. The fourth-order valence-corrected chi connectivity index (χ4v) is 2.05.